The highest BCUT2D eigenvalue weighted by atomic mass is 16.2. The molecule has 5 heteroatoms. The van der Waals surface area contributed by atoms with Crippen molar-refractivity contribution in [2.45, 2.75) is 41.0 Å². The molecule has 1 aromatic carbocycles. The van der Waals surface area contributed by atoms with E-state index in [2.05, 4.69) is 58.1 Å². The van der Waals surface area contributed by atoms with Gasteiger partial charge < -0.3 is 10.4 Å². The molecule has 1 saturated heterocycles. The molecule has 0 unspecified atom stereocenters. The molecule has 5 aliphatic heterocycles. The molecular formula is C32H30N4O. The molecule has 0 spiro atoms. The van der Waals surface area contributed by atoms with E-state index in [4.69, 9.17) is 15.0 Å². The smallest absolute Gasteiger partial charge is 0.0886 e. The van der Waals surface area contributed by atoms with Gasteiger partial charge in [0.15, 0.2) is 0 Å². The quantitative estimate of drug-likeness (QED) is 0.428. The zero-order valence-electron chi connectivity index (χ0n) is 21.8. The Morgan fingerprint density at radius 1 is 0.865 bits per heavy atom. The maximum Gasteiger partial charge on any atom is 0.0886 e. The van der Waals surface area contributed by atoms with E-state index in [1.54, 1.807) is 0 Å². The van der Waals surface area contributed by atoms with Gasteiger partial charge in [-0.3, -0.25) is 0 Å². The van der Waals surface area contributed by atoms with E-state index in [1.165, 1.54) is 16.7 Å². The van der Waals surface area contributed by atoms with Crippen LogP contribution in [-0.2, 0) is 0 Å². The zero-order valence-corrected chi connectivity index (χ0v) is 21.8. The lowest BCUT2D eigenvalue weighted by molar-refractivity contribution is 0.471. The summed E-state index contributed by atoms with van der Waals surface area (Å²) in [6.07, 6.45) is 18.3. The standard InChI is InChI=1S/C32H30N4O/c1-18-10-19(2)30(20(3)11-18)31-26-9-8-23(34-26)13-22-6-7-24(33-22)15-29-32(4,5)16-25(35-29)14-27-21(17-37)12-28(31)36-27/h6-15,17,35,37H,16H2,1-5H3/b21-17-,22-13?,25-14?,29-15?,31-26?. The highest BCUT2D eigenvalue weighted by Gasteiger charge is 2.33. The average molecular weight is 487 g/mol. The molecule has 0 aromatic heterocycles. The molecule has 1 fully saturated rings. The van der Waals surface area contributed by atoms with Crippen molar-refractivity contribution in [2.75, 3.05) is 0 Å². The van der Waals surface area contributed by atoms with Gasteiger partial charge in [-0.05, 0) is 92.5 Å². The van der Waals surface area contributed by atoms with Crippen molar-refractivity contribution in [3.8, 4) is 0 Å². The number of aliphatic hydroxyl groups is 1. The molecule has 5 heterocycles. The van der Waals surface area contributed by atoms with Gasteiger partial charge in [-0.15, -0.1) is 0 Å². The number of aryl methyl sites for hydroxylation is 3. The third kappa shape index (κ3) is 4.10. The summed E-state index contributed by atoms with van der Waals surface area (Å²) in [4.78, 5) is 14.9. The topological polar surface area (TPSA) is 69.3 Å². The SMILES string of the molecule is Cc1cc(C)c(C2=C3C=CC(=N3)C=C3C=CC(=N3)C=C3NC(=CC4=NC2=C/C4=C/O)CC3(C)C)c(C)c1. The lowest BCUT2D eigenvalue weighted by Gasteiger charge is -2.17. The van der Waals surface area contributed by atoms with E-state index in [0.717, 1.165) is 69.4 Å². The summed E-state index contributed by atoms with van der Waals surface area (Å²) in [5.41, 5.74) is 13.5. The first-order valence-corrected chi connectivity index (χ1v) is 12.6. The molecule has 37 heavy (non-hydrogen) atoms. The Kier molecular flexibility index (Phi) is 5.27. The van der Waals surface area contributed by atoms with Gasteiger partial charge >= 0.3 is 0 Å². The van der Waals surface area contributed by atoms with Crippen LogP contribution < -0.4 is 5.32 Å². The van der Waals surface area contributed by atoms with Crippen LogP contribution in [0.5, 0.6) is 0 Å². The van der Waals surface area contributed by atoms with Gasteiger partial charge in [0.05, 0.1) is 40.5 Å². The summed E-state index contributed by atoms with van der Waals surface area (Å²) in [7, 11) is 0. The van der Waals surface area contributed by atoms with Crippen LogP contribution in [0.4, 0.5) is 0 Å². The average Bonchev–Trinajstić information content (AvgIpc) is 3.59. The van der Waals surface area contributed by atoms with Crippen molar-refractivity contribution >= 4 is 22.7 Å². The fraction of sp³-hybridized carbons (Fsp3) is 0.219. The molecule has 0 saturated carbocycles. The summed E-state index contributed by atoms with van der Waals surface area (Å²) in [5.74, 6) is 0. The lowest BCUT2D eigenvalue weighted by atomic mass is 9.87. The van der Waals surface area contributed by atoms with Gasteiger partial charge in [0.1, 0.15) is 0 Å². The Morgan fingerprint density at radius 3 is 2.35 bits per heavy atom. The van der Waals surface area contributed by atoms with Crippen LogP contribution in [0.2, 0.25) is 0 Å². The minimum atomic E-state index is -0.0731. The highest BCUT2D eigenvalue weighted by Crippen LogP contribution is 2.41. The number of rotatable bonds is 1. The van der Waals surface area contributed by atoms with Gasteiger partial charge in [0.25, 0.3) is 0 Å². The molecular weight excluding hydrogens is 456 g/mol. The molecule has 1 aromatic rings. The van der Waals surface area contributed by atoms with Gasteiger partial charge in [-0.25, -0.2) is 15.0 Å². The second-order valence-electron chi connectivity index (χ2n) is 10.9. The predicted octanol–water partition coefficient (Wildman–Crippen LogP) is 6.81. The Balaban J connectivity index is 1.62. The molecule has 184 valence electrons. The van der Waals surface area contributed by atoms with Crippen molar-refractivity contribution in [1.82, 2.24) is 5.32 Å². The van der Waals surface area contributed by atoms with Crippen LogP contribution in [0.1, 0.15) is 42.5 Å². The molecule has 5 nitrogen and oxygen atoms in total. The van der Waals surface area contributed by atoms with E-state index in [9.17, 15) is 5.11 Å². The number of aliphatic imine (C=N–C) groups is 3. The summed E-state index contributed by atoms with van der Waals surface area (Å²) >= 11 is 0. The molecule has 6 rings (SSSR count). The maximum atomic E-state index is 10.2. The van der Waals surface area contributed by atoms with Crippen LogP contribution in [0.25, 0.3) is 5.57 Å². The maximum absolute atomic E-state index is 10.2. The fourth-order valence-corrected chi connectivity index (χ4v) is 5.65. The van der Waals surface area contributed by atoms with Crippen LogP contribution >= 0.6 is 0 Å². The van der Waals surface area contributed by atoms with Crippen molar-refractivity contribution in [1.29, 1.82) is 0 Å². The van der Waals surface area contributed by atoms with Gasteiger partial charge in [0, 0.05) is 28.0 Å². The van der Waals surface area contributed by atoms with Crippen molar-refractivity contribution < 1.29 is 5.11 Å². The first-order chi connectivity index (χ1) is 17.7. The van der Waals surface area contributed by atoms with Gasteiger partial charge in [0.2, 0.25) is 0 Å². The lowest BCUT2D eigenvalue weighted by Crippen LogP contribution is -2.14. The normalized spacial score (nSPS) is 22.4. The van der Waals surface area contributed by atoms with Crippen LogP contribution in [-0.4, -0.2) is 22.2 Å². The molecule has 2 N–H and O–H groups in total. The van der Waals surface area contributed by atoms with Crippen LogP contribution in [0.3, 0.4) is 0 Å². The monoisotopic (exact) mass is 486 g/mol. The zero-order chi connectivity index (χ0) is 25.9. The minimum absolute atomic E-state index is 0.0731. The molecule has 8 bridgehead atoms. The number of nitrogens with one attached hydrogen (secondary N) is 1. The van der Waals surface area contributed by atoms with Crippen LogP contribution in [0, 0.1) is 26.2 Å². The highest BCUT2D eigenvalue weighted by molar-refractivity contribution is 6.16. The largest absolute Gasteiger partial charge is 0.515 e. The Hall–Kier alpha value is -4.25. The third-order valence-corrected chi connectivity index (χ3v) is 7.31. The van der Waals surface area contributed by atoms with Gasteiger partial charge in [-0.1, -0.05) is 31.5 Å². The number of hydrogen-bond donors (Lipinski definition) is 2. The first-order valence-electron chi connectivity index (χ1n) is 12.6. The van der Waals surface area contributed by atoms with Crippen molar-refractivity contribution in [3.05, 3.63) is 123 Å². The number of fused-ring (bicyclic) bond motifs is 5. The number of benzene rings is 1. The Morgan fingerprint density at radius 2 is 1.59 bits per heavy atom. The molecule has 0 atom stereocenters. The number of hydrogen-bond acceptors (Lipinski definition) is 5. The summed E-state index contributed by atoms with van der Waals surface area (Å²) in [6, 6.07) is 4.39. The summed E-state index contributed by atoms with van der Waals surface area (Å²) in [5, 5.41) is 13.8. The second-order valence-corrected chi connectivity index (χ2v) is 10.9. The predicted molar refractivity (Wildman–Crippen MR) is 153 cm³/mol. The third-order valence-electron chi connectivity index (χ3n) is 7.31. The van der Waals surface area contributed by atoms with E-state index < -0.39 is 0 Å². The fourth-order valence-electron chi connectivity index (χ4n) is 5.65. The van der Waals surface area contributed by atoms with Crippen molar-refractivity contribution in [2.24, 2.45) is 20.4 Å². The minimum Gasteiger partial charge on any atom is -0.515 e. The number of allylic oxidation sites excluding steroid dienone is 12. The second kappa shape index (κ2) is 8.41. The number of nitrogens with zero attached hydrogens (tertiary/aromatic N) is 3. The Bertz CT molecular complexity index is 1580. The van der Waals surface area contributed by atoms with E-state index >= 15 is 0 Å². The summed E-state index contributed by atoms with van der Waals surface area (Å²) in [6.45, 7) is 10.8. The first kappa shape index (κ1) is 23.2. The molecule has 0 amide bonds. The number of aliphatic hydroxyl groups excluding tert-OH is 1. The van der Waals surface area contributed by atoms with E-state index in [-0.39, 0.29) is 5.41 Å². The van der Waals surface area contributed by atoms with Crippen molar-refractivity contribution in [3.63, 3.8) is 0 Å². The molecule has 0 aliphatic carbocycles. The van der Waals surface area contributed by atoms with E-state index in [1.807, 2.05) is 42.5 Å². The Labute approximate surface area is 217 Å². The van der Waals surface area contributed by atoms with Crippen LogP contribution in [0.15, 0.2) is 116 Å². The molecule has 0 radical (unpaired) electrons. The van der Waals surface area contributed by atoms with Gasteiger partial charge in [-0.2, -0.15) is 0 Å². The molecule has 5 aliphatic rings. The summed E-state index contributed by atoms with van der Waals surface area (Å²) < 4.78 is 0. The van der Waals surface area contributed by atoms with E-state index in [0.29, 0.717) is 5.57 Å².